The number of rotatable bonds is 8. The van der Waals surface area contributed by atoms with Crippen LogP contribution in [-0.2, 0) is 24.6 Å². The molecule has 0 spiro atoms. The summed E-state index contributed by atoms with van der Waals surface area (Å²) in [6.07, 6.45) is 5.01. The number of aromatic nitrogens is 4. The van der Waals surface area contributed by atoms with Crippen LogP contribution in [0, 0.1) is 0 Å². The average Bonchev–Trinajstić information content (AvgIpc) is 3.33. The first kappa shape index (κ1) is 17.7. The maximum absolute atomic E-state index is 12.8. The van der Waals surface area contributed by atoms with Crippen molar-refractivity contribution in [3.63, 3.8) is 0 Å². The van der Waals surface area contributed by atoms with Gasteiger partial charge in [0, 0.05) is 13.0 Å². The summed E-state index contributed by atoms with van der Waals surface area (Å²) in [4.78, 5) is 23.7. The number of nitrogens with one attached hydrogen (secondary N) is 1. The van der Waals surface area contributed by atoms with Crippen LogP contribution < -0.4 is 10.9 Å². The lowest BCUT2D eigenvalue weighted by atomic mass is 10.2. The Hall–Kier alpha value is -2.69. The second-order valence-electron chi connectivity index (χ2n) is 6.37. The number of nitrogens with zero attached hydrogens (tertiary/aromatic N) is 5. The van der Waals surface area contributed by atoms with E-state index >= 15 is 0 Å². The van der Waals surface area contributed by atoms with Gasteiger partial charge in [0.05, 0.1) is 39.1 Å². The number of fused-ring (bicyclic) bond motifs is 2. The van der Waals surface area contributed by atoms with Crippen molar-refractivity contribution in [2.45, 2.75) is 26.2 Å². The number of imidazole rings is 1. The molecule has 3 aromatic rings. The summed E-state index contributed by atoms with van der Waals surface area (Å²) >= 11 is 0. The lowest BCUT2D eigenvalue weighted by molar-refractivity contribution is 0.0499. The molecule has 0 fully saturated rings. The van der Waals surface area contributed by atoms with Gasteiger partial charge in [-0.1, -0.05) is 0 Å². The highest BCUT2D eigenvalue weighted by atomic mass is 16.5. The van der Waals surface area contributed by atoms with Crippen molar-refractivity contribution in [2.24, 2.45) is 0 Å². The topological polar surface area (TPSA) is 111 Å². The monoisotopic (exact) mass is 374 g/mol. The zero-order valence-electron chi connectivity index (χ0n) is 14.9. The van der Waals surface area contributed by atoms with Crippen molar-refractivity contribution in [3.05, 3.63) is 40.8 Å². The third-order valence-corrected chi connectivity index (χ3v) is 4.47. The van der Waals surface area contributed by atoms with Crippen molar-refractivity contribution < 1.29 is 14.3 Å². The van der Waals surface area contributed by atoms with E-state index in [1.54, 1.807) is 15.4 Å². The second-order valence-corrected chi connectivity index (χ2v) is 6.37. The predicted molar refractivity (Wildman–Crippen MR) is 97.1 cm³/mol. The summed E-state index contributed by atoms with van der Waals surface area (Å²) in [6, 6.07) is 3.86. The van der Waals surface area contributed by atoms with Crippen molar-refractivity contribution in [2.75, 3.05) is 31.7 Å². The Kier molecular flexibility index (Phi) is 5.19. The van der Waals surface area contributed by atoms with E-state index in [9.17, 15) is 4.79 Å². The molecule has 0 unspecified atom stereocenters. The van der Waals surface area contributed by atoms with Crippen LogP contribution in [0.2, 0.25) is 0 Å². The van der Waals surface area contributed by atoms with Gasteiger partial charge in [0.25, 0.3) is 5.56 Å². The van der Waals surface area contributed by atoms with Crippen LogP contribution in [0.3, 0.4) is 0 Å². The number of hydrogen-bond donors (Lipinski definition) is 2. The molecule has 10 heteroatoms. The van der Waals surface area contributed by atoms with Crippen LogP contribution in [0.15, 0.2) is 33.9 Å². The van der Waals surface area contributed by atoms with E-state index in [0.717, 1.165) is 25.1 Å². The van der Waals surface area contributed by atoms with E-state index in [2.05, 4.69) is 20.2 Å². The number of aryl methyl sites for hydroxylation is 1. The molecule has 0 aromatic carbocycles. The van der Waals surface area contributed by atoms with Crippen molar-refractivity contribution >= 4 is 17.1 Å². The number of aliphatic hydroxyl groups is 1. The molecule has 1 aliphatic heterocycles. The van der Waals surface area contributed by atoms with Crippen LogP contribution in [0.1, 0.15) is 12.2 Å². The fourth-order valence-electron chi connectivity index (χ4n) is 3.13. The van der Waals surface area contributed by atoms with Crippen molar-refractivity contribution in [1.29, 1.82) is 0 Å². The highest BCUT2D eigenvalue weighted by Gasteiger charge is 2.21. The number of anilines is 1. The lowest BCUT2D eigenvalue weighted by Gasteiger charge is -2.30. The van der Waals surface area contributed by atoms with Gasteiger partial charge in [0.15, 0.2) is 11.2 Å². The SMILES string of the molecule is O=c1c2ncn(COCCO)c2nc2n1CN(CCCc1ccco1)CN2. The molecule has 0 amide bonds. The predicted octanol–water partition coefficient (Wildman–Crippen LogP) is 0.428. The minimum Gasteiger partial charge on any atom is -0.469 e. The third kappa shape index (κ3) is 3.72. The fraction of sp³-hybridized carbons (Fsp3) is 0.471. The first-order valence-electron chi connectivity index (χ1n) is 8.89. The summed E-state index contributed by atoms with van der Waals surface area (Å²) in [5, 5.41) is 12.0. The van der Waals surface area contributed by atoms with E-state index in [4.69, 9.17) is 14.3 Å². The van der Waals surface area contributed by atoms with Gasteiger partial charge in [-0.15, -0.1) is 0 Å². The Morgan fingerprint density at radius 2 is 2.33 bits per heavy atom. The standard InChI is InChI=1S/C17H22N6O4/c24-6-8-26-12-22-10-18-14-15(22)20-17-19-9-21(11-23(17)16(14)25)5-1-3-13-4-2-7-27-13/h2,4,7,10,24H,1,3,5-6,8-9,11-12H2,(H,19,20). The molecule has 0 atom stereocenters. The van der Waals surface area contributed by atoms with Crippen LogP contribution >= 0.6 is 0 Å². The molecule has 27 heavy (non-hydrogen) atoms. The first-order chi connectivity index (χ1) is 13.3. The fourth-order valence-corrected chi connectivity index (χ4v) is 3.13. The first-order valence-corrected chi connectivity index (χ1v) is 8.89. The molecule has 4 rings (SSSR count). The zero-order chi connectivity index (χ0) is 18.6. The number of ether oxygens (including phenoxy) is 1. The number of aliphatic hydroxyl groups excluding tert-OH is 1. The van der Waals surface area contributed by atoms with E-state index in [1.807, 2.05) is 12.1 Å². The quantitative estimate of drug-likeness (QED) is 0.546. The third-order valence-electron chi connectivity index (χ3n) is 4.47. The Morgan fingerprint density at radius 1 is 1.41 bits per heavy atom. The number of hydrogen-bond acceptors (Lipinski definition) is 8. The van der Waals surface area contributed by atoms with Crippen molar-refractivity contribution in [3.8, 4) is 0 Å². The Balaban J connectivity index is 1.46. The summed E-state index contributed by atoms with van der Waals surface area (Å²) in [6.45, 7) is 2.26. The van der Waals surface area contributed by atoms with Gasteiger partial charge in [-0.25, -0.2) is 4.98 Å². The average molecular weight is 374 g/mol. The molecule has 0 saturated carbocycles. The molecule has 0 radical (unpaired) electrons. The Labute approximate surface area is 155 Å². The molecule has 2 N–H and O–H groups in total. The molecule has 3 aromatic heterocycles. The van der Waals surface area contributed by atoms with Gasteiger partial charge in [-0.3, -0.25) is 18.8 Å². The zero-order valence-corrected chi connectivity index (χ0v) is 14.9. The van der Waals surface area contributed by atoms with E-state index in [-0.39, 0.29) is 25.5 Å². The van der Waals surface area contributed by atoms with Gasteiger partial charge < -0.3 is 19.6 Å². The molecule has 1 aliphatic rings. The Bertz CT molecular complexity index is 948. The number of furan rings is 1. The smallest absolute Gasteiger partial charge is 0.284 e. The Morgan fingerprint density at radius 3 is 3.15 bits per heavy atom. The normalized spacial score (nSPS) is 14.4. The molecule has 0 saturated heterocycles. The highest BCUT2D eigenvalue weighted by Crippen LogP contribution is 2.15. The highest BCUT2D eigenvalue weighted by molar-refractivity contribution is 5.71. The van der Waals surface area contributed by atoms with E-state index < -0.39 is 0 Å². The van der Waals surface area contributed by atoms with Gasteiger partial charge in [0.1, 0.15) is 12.5 Å². The molecule has 144 valence electrons. The van der Waals surface area contributed by atoms with Gasteiger partial charge >= 0.3 is 0 Å². The van der Waals surface area contributed by atoms with E-state index in [0.29, 0.717) is 30.4 Å². The van der Waals surface area contributed by atoms with Gasteiger partial charge in [-0.2, -0.15) is 4.98 Å². The summed E-state index contributed by atoms with van der Waals surface area (Å²) in [7, 11) is 0. The molecule has 10 nitrogen and oxygen atoms in total. The van der Waals surface area contributed by atoms with Gasteiger partial charge in [0.2, 0.25) is 5.95 Å². The maximum Gasteiger partial charge on any atom is 0.284 e. The molecule has 4 heterocycles. The summed E-state index contributed by atoms with van der Waals surface area (Å²) < 4.78 is 13.9. The molecular weight excluding hydrogens is 352 g/mol. The van der Waals surface area contributed by atoms with E-state index in [1.165, 1.54) is 6.33 Å². The molecule has 0 aliphatic carbocycles. The molecular formula is C17H22N6O4. The van der Waals surface area contributed by atoms with Crippen LogP contribution in [0.4, 0.5) is 5.95 Å². The van der Waals surface area contributed by atoms with Crippen LogP contribution in [0.25, 0.3) is 11.2 Å². The van der Waals surface area contributed by atoms with Gasteiger partial charge in [-0.05, 0) is 18.6 Å². The minimum atomic E-state index is -0.181. The minimum absolute atomic E-state index is 0.0601. The van der Waals surface area contributed by atoms with Crippen LogP contribution in [0.5, 0.6) is 0 Å². The summed E-state index contributed by atoms with van der Waals surface area (Å²) in [5.74, 6) is 1.49. The maximum atomic E-state index is 12.8. The molecule has 0 bridgehead atoms. The summed E-state index contributed by atoms with van der Waals surface area (Å²) in [5.41, 5.74) is 0.604. The largest absolute Gasteiger partial charge is 0.469 e. The lowest BCUT2D eigenvalue weighted by Crippen LogP contribution is -2.43. The second kappa shape index (κ2) is 7.91. The van der Waals surface area contributed by atoms with Crippen LogP contribution in [-0.4, -0.2) is 55.5 Å². The van der Waals surface area contributed by atoms with Crippen molar-refractivity contribution in [1.82, 2.24) is 24.0 Å².